The number of aromatic nitrogens is 3. The lowest BCUT2D eigenvalue weighted by molar-refractivity contribution is -0.124. The van der Waals surface area contributed by atoms with Gasteiger partial charge in [-0.2, -0.15) is 0 Å². The van der Waals surface area contributed by atoms with Gasteiger partial charge in [0.2, 0.25) is 5.91 Å². The van der Waals surface area contributed by atoms with Crippen molar-refractivity contribution in [1.29, 1.82) is 0 Å². The highest BCUT2D eigenvalue weighted by molar-refractivity contribution is 5.95. The van der Waals surface area contributed by atoms with Crippen LogP contribution in [0.1, 0.15) is 38.7 Å². The maximum atomic E-state index is 13.7. The number of imidazole rings is 1. The van der Waals surface area contributed by atoms with Crippen molar-refractivity contribution in [2.45, 2.75) is 12.3 Å². The third-order valence-electron chi connectivity index (χ3n) is 7.04. The fraction of sp³-hybridized carbons (Fsp3) is 0.370. The molecule has 2 aliphatic heterocycles. The highest BCUT2D eigenvalue weighted by Crippen LogP contribution is 2.35. The standard InChI is InChI=1S/C27H29FN6O4/c1-32-17-30-14-24(32)27(37)33-7-3-6-31-25(35)23-16-34(26(36)19-10-20(28)13-29-12-19)15-22(23)18-4-2-5-21(11-18)38-9-8-33/h2,4-5,10-14,17,22-23H,3,6-9,15-16H2,1H3,(H,31,35)/t22-,23+/m1/s1. The molecular formula is C27H29FN6O4. The zero-order chi connectivity index (χ0) is 26.6. The first-order valence-electron chi connectivity index (χ1n) is 12.6. The van der Waals surface area contributed by atoms with Gasteiger partial charge in [0.15, 0.2) is 0 Å². The molecule has 198 valence electrons. The molecule has 11 heteroatoms. The van der Waals surface area contributed by atoms with Crippen molar-refractivity contribution in [3.63, 3.8) is 0 Å². The largest absolute Gasteiger partial charge is 0.492 e. The van der Waals surface area contributed by atoms with Gasteiger partial charge >= 0.3 is 0 Å². The van der Waals surface area contributed by atoms with Gasteiger partial charge in [0.1, 0.15) is 23.9 Å². The quantitative estimate of drug-likeness (QED) is 0.553. The minimum absolute atomic E-state index is 0.144. The van der Waals surface area contributed by atoms with Crippen molar-refractivity contribution in [3.05, 3.63) is 77.9 Å². The Labute approximate surface area is 219 Å². The average molecular weight is 521 g/mol. The van der Waals surface area contributed by atoms with E-state index in [4.69, 9.17) is 4.74 Å². The fourth-order valence-corrected chi connectivity index (χ4v) is 5.05. The third-order valence-corrected chi connectivity index (χ3v) is 7.04. The van der Waals surface area contributed by atoms with Crippen molar-refractivity contribution in [2.75, 3.05) is 39.3 Å². The van der Waals surface area contributed by atoms with Crippen LogP contribution in [0.15, 0.2) is 55.2 Å². The fourth-order valence-electron chi connectivity index (χ4n) is 5.05. The Morgan fingerprint density at radius 2 is 1.87 bits per heavy atom. The number of benzene rings is 1. The second-order valence-corrected chi connectivity index (χ2v) is 9.56. The molecule has 2 bridgehead atoms. The molecule has 1 fully saturated rings. The lowest BCUT2D eigenvalue weighted by Crippen LogP contribution is -2.39. The lowest BCUT2D eigenvalue weighted by atomic mass is 9.88. The van der Waals surface area contributed by atoms with Crippen molar-refractivity contribution >= 4 is 17.7 Å². The highest BCUT2D eigenvalue weighted by Gasteiger charge is 2.41. The molecule has 4 heterocycles. The van der Waals surface area contributed by atoms with Gasteiger partial charge in [0, 0.05) is 45.3 Å². The molecule has 2 aromatic heterocycles. The van der Waals surface area contributed by atoms with Crippen LogP contribution in [0.4, 0.5) is 4.39 Å². The molecular weight excluding hydrogens is 491 g/mol. The predicted molar refractivity (Wildman–Crippen MR) is 135 cm³/mol. The smallest absolute Gasteiger partial charge is 0.272 e. The SMILES string of the molecule is Cn1cncc1C(=O)N1CCCNC(=O)[C@H]2CN(C(=O)c3cncc(F)c3)C[C@@H]2c2cccc(c2)OCC1. The molecule has 10 nitrogen and oxygen atoms in total. The van der Waals surface area contributed by atoms with E-state index in [1.54, 1.807) is 27.7 Å². The molecule has 0 radical (unpaired) electrons. The number of halogens is 1. The number of aryl methyl sites for hydroxylation is 1. The van der Waals surface area contributed by atoms with Crippen LogP contribution in [0, 0.1) is 11.7 Å². The summed E-state index contributed by atoms with van der Waals surface area (Å²) < 4.78 is 21.4. The van der Waals surface area contributed by atoms with Gasteiger partial charge in [-0.1, -0.05) is 12.1 Å². The minimum atomic E-state index is -0.591. The minimum Gasteiger partial charge on any atom is -0.492 e. The maximum Gasteiger partial charge on any atom is 0.272 e. The molecule has 3 aromatic rings. The van der Waals surface area contributed by atoms with E-state index < -0.39 is 11.7 Å². The molecule has 2 atom stereocenters. The van der Waals surface area contributed by atoms with E-state index in [2.05, 4.69) is 15.3 Å². The van der Waals surface area contributed by atoms with Gasteiger partial charge in [-0.25, -0.2) is 9.37 Å². The van der Waals surface area contributed by atoms with Crippen LogP contribution in [0.2, 0.25) is 0 Å². The molecule has 0 unspecified atom stereocenters. The lowest BCUT2D eigenvalue weighted by Gasteiger charge is -2.24. The number of carbonyl (C=O) groups is 3. The molecule has 5 rings (SSSR count). The number of nitrogens with zero attached hydrogens (tertiary/aromatic N) is 5. The van der Waals surface area contributed by atoms with E-state index in [-0.39, 0.29) is 35.7 Å². The Morgan fingerprint density at radius 3 is 2.66 bits per heavy atom. The summed E-state index contributed by atoms with van der Waals surface area (Å²) in [6.45, 7) is 1.98. The van der Waals surface area contributed by atoms with E-state index in [0.29, 0.717) is 50.7 Å². The normalized spacial score (nSPS) is 20.2. The van der Waals surface area contributed by atoms with Crippen LogP contribution < -0.4 is 10.1 Å². The number of nitrogens with one attached hydrogen (secondary N) is 1. The summed E-state index contributed by atoms with van der Waals surface area (Å²) in [5, 5.41) is 2.99. The van der Waals surface area contributed by atoms with Crippen molar-refractivity contribution < 1.29 is 23.5 Å². The Bertz CT molecular complexity index is 1340. The van der Waals surface area contributed by atoms with Crippen molar-refractivity contribution in [3.8, 4) is 5.75 Å². The second-order valence-electron chi connectivity index (χ2n) is 9.56. The van der Waals surface area contributed by atoms with Gasteiger partial charge in [-0.05, 0) is 30.2 Å². The second kappa shape index (κ2) is 11.0. The number of fused-ring (bicyclic) bond motifs is 4. The first-order valence-corrected chi connectivity index (χ1v) is 12.6. The number of pyridine rings is 1. The predicted octanol–water partition coefficient (Wildman–Crippen LogP) is 1.85. The Morgan fingerprint density at radius 1 is 1.03 bits per heavy atom. The van der Waals surface area contributed by atoms with Crippen LogP contribution in [0.25, 0.3) is 0 Å². The summed E-state index contributed by atoms with van der Waals surface area (Å²) in [7, 11) is 1.77. The van der Waals surface area contributed by atoms with E-state index in [0.717, 1.165) is 17.8 Å². The van der Waals surface area contributed by atoms with E-state index in [1.807, 2.05) is 24.3 Å². The molecule has 1 saturated heterocycles. The summed E-state index contributed by atoms with van der Waals surface area (Å²) in [5.74, 6) is -1.42. The Balaban J connectivity index is 1.36. The zero-order valence-corrected chi connectivity index (χ0v) is 21.0. The molecule has 0 spiro atoms. The summed E-state index contributed by atoms with van der Waals surface area (Å²) in [4.78, 5) is 50.6. The Kier molecular flexibility index (Phi) is 7.34. The molecule has 0 saturated carbocycles. The summed E-state index contributed by atoms with van der Waals surface area (Å²) in [6, 6.07) is 8.63. The van der Waals surface area contributed by atoms with Crippen LogP contribution in [-0.4, -0.2) is 81.4 Å². The highest BCUT2D eigenvalue weighted by atomic mass is 19.1. The molecule has 1 aromatic carbocycles. The summed E-state index contributed by atoms with van der Waals surface area (Å²) >= 11 is 0. The van der Waals surface area contributed by atoms with Crippen molar-refractivity contribution in [1.82, 2.24) is 29.7 Å². The van der Waals surface area contributed by atoms with Crippen LogP contribution >= 0.6 is 0 Å². The van der Waals surface area contributed by atoms with Crippen LogP contribution in [-0.2, 0) is 11.8 Å². The molecule has 0 aliphatic carbocycles. The number of hydrogen-bond acceptors (Lipinski definition) is 6. The van der Waals surface area contributed by atoms with Crippen LogP contribution in [0.5, 0.6) is 5.75 Å². The van der Waals surface area contributed by atoms with Crippen LogP contribution in [0.3, 0.4) is 0 Å². The molecule has 38 heavy (non-hydrogen) atoms. The topological polar surface area (TPSA) is 110 Å². The van der Waals surface area contributed by atoms with Crippen molar-refractivity contribution in [2.24, 2.45) is 13.0 Å². The first-order chi connectivity index (χ1) is 18.4. The number of amides is 3. The zero-order valence-electron chi connectivity index (χ0n) is 21.0. The van der Waals surface area contributed by atoms with Gasteiger partial charge in [0.25, 0.3) is 11.8 Å². The monoisotopic (exact) mass is 520 g/mol. The molecule has 3 amide bonds. The average Bonchev–Trinajstić information content (AvgIpc) is 3.55. The maximum absolute atomic E-state index is 13.7. The summed E-state index contributed by atoms with van der Waals surface area (Å²) in [5.41, 5.74) is 1.49. The van der Waals surface area contributed by atoms with Gasteiger partial charge < -0.3 is 24.4 Å². The third kappa shape index (κ3) is 5.36. The van der Waals surface area contributed by atoms with Gasteiger partial charge in [-0.3, -0.25) is 19.4 Å². The van der Waals surface area contributed by atoms with E-state index >= 15 is 0 Å². The number of likely N-dealkylation sites (tertiary alicyclic amines) is 1. The number of ether oxygens (including phenoxy) is 1. The number of carbonyl (C=O) groups excluding carboxylic acids is 3. The Hall–Kier alpha value is -4.28. The summed E-state index contributed by atoms with van der Waals surface area (Å²) in [6.07, 6.45) is 6.04. The van der Waals surface area contributed by atoms with E-state index in [9.17, 15) is 18.8 Å². The number of rotatable bonds is 2. The molecule has 2 aliphatic rings. The number of hydrogen-bond donors (Lipinski definition) is 1. The van der Waals surface area contributed by atoms with Gasteiger partial charge in [0.05, 0.1) is 36.7 Å². The first kappa shape index (κ1) is 25.4. The van der Waals surface area contributed by atoms with E-state index in [1.165, 1.54) is 12.4 Å². The van der Waals surface area contributed by atoms with Gasteiger partial charge in [-0.15, -0.1) is 0 Å². The molecule has 1 N–H and O–H groups in total.